The normalized spacial score (nSPS) is 10.7. The SMILES string of the molecule is CCOc1ccc(NC(=O)c2[nH]c3ccc(C)cc3c2C)cc1. The fourth-order valence-electron chi connectivity index (χ4n) is 2.66. The van der Waals surface area contributed by atoms with E-state index in [9.17, 15) is 4.79 Å². The molecule has 4 nitrogen and oxygen atoms in total. The van der Waals surface area contributed by atoms with E-state index in [0.29, 0.717) is 12.3 Å². The molecule has 2 aromatic carbocycles. The number of ether oxygens (including phenoxy) is 1. The van der Waals surface area contributed by atoms with Crippen LogP contribution < -0.4 is 10.1 Å². The number of aromatic nitrogens is 1. The van der Waals surface area contributed by atoms with Crippen LogP contribution in [0.5, 0.6) is 5.75 Å². The summed E-state index contributed by atoms with van der Waals surface area (Å²) in [6.07, 6.45) is 0. The molecule has 1 amide bonds. The van der Waals surface area contributed by atoms with Crippen LogP contribution >= 0.6 is 0 Å². The number of amides is 1. The molecule has 0 radical (unpaired) electrons. The van der Waals surface area contributed by atoms with Crippen LogP contribution in [0.25, 0.3) is 10.9 Å². The number of aryl methyl sites for hydroxylation is 2. The number of benzene rings is 2. The van der Waals surface area contributed by atoms with Crippen LogP contribution in [0.3, 0.4) is 0 Å². The van der Waals surface area contributed by atoms with E-state index in [-0.39, 0.29) is 5.91 Å². The molecule has 3 rings (SSSR count). The van der Waals surface area contributed by atoms with E-state index in [0.717, 1.165) is 27.9 Å². The number of rotatable bonds is 4. The monoisotopic (exact) mass is 308 g/mol. The second-order valence-electron chi connectivity index (χ2n) is 5.59. The summed E-state index contributed by atoms with van der Waals surface area (Å²) in [4.78, 5) is 15.7. The van der Waals surface area contributed by atoms with Crippen LogP contribution in [-0.2, 0) is 0 Å². The van der Waals surface area contributed by atoms with Gasteiger partial charge < -0.3 is 15.0 Å². The van der Waals surface area contributed by atoms with Crippen LogP contribution in [0, 0.1) is 13.8 Å². The maximum atomic E-state index is 12.5. The number of carbonyl (C=O) groups is 1. The first-order valence-corrected chi connectivity index (χ1v) is 7.71. The largest absolute Gasteiger partial charge is 0.494 e. The van der Waals surface area contributed by atoms with Gasteiger partial charge in [0.05, 0.1) is 6.61 Å². The van der Waals surface area contributed by atoms with Gasteiger partial charge in [-0.15, -0.1) is 0 Å². The molecule has 1 aromatic heterocycles. The lowest BCUT2D eigenvalue weighted by atomic mass is 10.1. The second kappa shape index (κ2) is 6.16. The Hall–Kier alpha value is -2.75. The summed E-state index contributed by atoms with van der Waals surface area (Å²) in [6, 6.07) is 13.5. The highest BCUT2D eigenvalue weighted by Crippen LogP contribution is 2.24. The Labute approximate surface area is 135 Å². The lowest BCUT2D eigenvalue weighted by molar-refractivity contribution is 0.102. The molecule has 3 aromatic rings. The average Bonchev–Trinajstić information content (AvgIpc) is 2.86. The molecule has 0 saturated heterocycles. The van der Waals surface area contributed by atoms with Crippen molar-refractivity contribution in [2.45, 2.75) is 20.8 Å². The fraction of sp³-hybridized carbons (Fsp3) is 0.211. The molecular weight excluding hydrogens is 288 g/mol. The molecule has 4 heteroatoms. The zero-order chi connectivity index (χ0) is 16.4. The van der Waals surface area contributed by atoms with Crippen LogP contribution in [-0.4, -0.2) is 17.5 Å². The molecule has 0 aliphatic rings. The molecule has 0 atom stereocenters. The first-order valence-electron chi connectivity index (χ1n) is 7.71. The van der Waals surface area contributed by atoms with Crippen LogP contribution in [0.2, 0.25) is 0 Å². The molecule has 0 fully saturated rings. The lowest BCUT2D eigenvalue weighted by Gasteiger charge is -2.07. The molecule has 23 heavy (non-hydrogen) atoms. The third-order valence-corrected chi connectivity index (χ3v) is 3.86. The number of nitrogens with one attached hydrogen (secondary N) is 2. The topological polar surface area (TPSA) is 54.1 Å². The molecule has 0 spiro atoms. The fourth-order valence-corrected chi connectivity index (χ4v) is 2.66. The third kappa shape index (κ3) is 3.06. The third-order valence-electron chi connectivity index (χ3n) is 3.86. The Bertz CT molecular complexity index is 848. The smallest absolute Gasteiger partial charge is 0.272 e. The number of hydrogen-bond acceptors (Lipinski definition) is 2. The van der Waals surface area contributed by atoms with E-state index in [1.54, 1.807) is 0 Å². The van der Waals surface area contributed by atoms with Gasteiger partial charge in [-0.2, -0.15) is 0 Å². The number of fused-ring (bicyclic) bond motifs is 1. The summed E-state index contributed by atoms with van der Waals surface area (Å²) in [5, 5.41) is 4.00. The minimum Gasteiger partial charge on any atom is -0.494 e. The quantitative estimate of drug-likeness (QED) is 0.749. The molecule has 1 heterocycles. The summed E-state index contributed by atoms with van der Waals surface area (Å²) in [7, 11) is 0. The van der Waals surface area contributed by atoms with E-state index in [4.69, 9.17) is 4.74 Å². The first kappa shape index (κ1) is 15.2. The Balaban J connectivity index is 1.84. The summed E-state index contributed by atoms with van der Waals surface area (Å²) in [5.41, 5.74) is 4.46. The standard InChI is InChI=1S/C19H20N2O2/c1-4-23-15-8-6-14(7-9-15)20-19(22)18-13(3)16-11-12(2)5-10-17(16)21-18/h5-11,21H,4H2,1-3H3,(H,20,22). The molecule has 0 saturated carbocycles. The maximum absolute atomic E-state index is 12.5. The number of carbonyl (C=O) groups excluding carboxylic acids is 1. The second-order valence-corrected chi connectivity index (χ2v) is 5.59. The average molecular weight is 308 g/mol. The number of aromatic amines is 1. The van der Waals surface area contributed by atoms with Gasteiger partial charge in [-0.05, 0) is 62.7 Å². The van der Waals surface area contributed by atoms with E-state index in [2.05, 4.69) is 16.4 Å². The van der Waals surface area contributed by atoms with Gasteiger partial charge in [0.2, 0.25) is 0 Å². The van der Waals surface area contributed by atoms with E-state index in [1.807, 2.05) is 57.2 Å². The van der Waals surface area contributed by atoms with Crippen molar-refractivity contribution in [1.82, 2.24) is 4.98 Å². The molecule has 0 aliphatic carbocycles. The first-order chi connectivity index (χ1) is 11.1. The zero-order valence-electron chi connectivity index (χ0n) is 13.6. The molecule has 2 N–H and O–H groups in total. The highest BCUT2D eigenvalue weighted by molar-refractivity contribution is 6.07. The van der Waals surface area contributed by atoms with Crippen molar-refractivity contribution in [1.29, 1.82) is 0 Å². The van der Waals surface area contributed by atoms with Crippen molar-refractivity contribution in [2.24, 2.45) is 0 Å². The van der Waals surface area contributed by atoms with E-state index < -0.39 is 0 Å². The van der Waals surface area contributed by atoms with Gasteiger partial charge in [0.1, 0.15) is 11.4 Å². The minimum atomic E-state index is -0.138. The van der Waals surface area contributed by atoms with Crippen molar-refractivity contribution < 1.29 is 9.53 Å². The predicted octanol–water partition coefficient (Wildman–Crippen LogP) is 4.44. The predicted molar refractivity (Wildman–Crippen MR) is 93.3 cm³/mol. The van der Waals surface area contributed by atoms with Crippen LogP contribution in [0.4, 0.5) is 5.69 Å². The summed E-state index contributed by atoms with van der Waals surface area (Å²) in [6.45, 7) is 6.58. The van der Waals surface area contributed by atoms with Crippen molar-refractivity contribution in [3.8, 4) is 5.75 Å². The lowest BCUT2D eigenvalue weighted by Crippen LogP contribution is -2.13. The molecule has 0 unspecified atom stereocenters. The Morgan fingerprint density at radius 3 is 2.57 bits per heavy atom. The van der Waals surface area contributed by atoms with E-state index in [1.165, 1.54) is 5.56 Å². The van der Waals surface area contributed by atoms with Gasteiger partial charge in [0.15, 0.2) is 0 Å². The highest BCUT2D eigenvalue weighted by atomic mass is 16.5. The van der Waals surface area contributed by atoms with Crippen molar-refractivity contribution in [3.63, 3.8) is 0 Å². The van der Waals surface area contributed by atoms with Gasteiger partial charge in [-0.25, -0.2) is 0 Å². The van der Waals surface area contributed by atoms with Gasteiger partial charge in [0.25, 0.3) is 5.91 Å². The Morgan fingerprint density at radius 1 is 1.13 bits per heavy atom. The molecular formula is C19H20N2O2. The van der Waals surface area contributed by atoms with Crippen LogP contribution in [0.15, 0.2) is 42.5 Å². The summed E-state index contributed by atoms with van der Waals surface area (Å²) >= 11 is 0. The Morgan fingerprint density at radius 2 is 1.87 bits per heavy atom. The van der Waals surface area contributed by atoms with E-state index >= 15 is 0 Å². The van der Waals surface area contributed by atoms with Crippen molar-refractivity contribution in [2.75, 3.05) is 11.9 Å². The maximum Gasteiger partial charge on any atom is 0.272 e. The highest BCUT2D eigenvalue weighted by Gasteiger charge is 2.15. The van der Waals surface area contributed by atoms with Gasteiger partial charge >= 0.3 is 0 Å². The molecule has 0 aliphatic heterocycles. The van der Waals surface area contributed by atoms with Gasteiger partial charge in [0, 0.05) is 16.6 Å². The summed E-state index contributed by atoms with van der Waals surface area (Å²) < 4.78 is 5.40. The van der Waals surface area contributed by atoms with Crippen molar-refractivity contribution >= 4 is 22.5 Å². The number of anilines is 1. The van der Waals surface area contributed by atoms with Crippen molar-refractivity contribution in [3.05, 3.63) is 59.3 Å². The van der Waals surface area contributed by atoms with Gasteiger partial charge in [-0.1, -0.05) is 11.6 Å². The number of hydrogen-bond donors (Lipinski definition) is 2. The number of H-pyrrole nitrogens is 1. The van der Waals surface area contributed by atoms with Gasteiger partial charge in [-0.3, -0.25) is 4.79 Å². The minimum absolute atomic E-state index is 0.138. The van der Waals surface area contributed by atoms with Crippen LogP contribution in [0.1, 0.15) is 28.5 Å². The molecule has 118 valence electrons. The Kier molecular flexibility index (Phi) is 4.06. The zero-order valence-corrected chi connectivity index (χ0v) is 13.6. The summed E-state index contributed by atoms with van der Waals surface area (Å²) in [5.74, 6) is 0.656. The molecule has 0 bridgehead atoms.